The van der Waals surface area contributed by atoms with Crippen LogP contribution in [-0.4, -0.2) is 40.9 Å². The maximum Gasteiger partial charge on any atom is 0.475 e. The van der Waals surface area contributed by atoms with Crippen LogP contribution in [0.5, 0.6) is 0 Å². The molecule has 1 heterocycles. The first kappa shape index (κ1) is 13.2. The second-order valence-corrected chi connectivity index (χ2v) is 8.28. The summed E-state index contributed by atoms with van der Waals surface area (Å²) in [5.41, 5.74) is 0. The Kier molecular flexibility index (Phi) is 4.77. The molecule has 1 aliphatic heterocycles. The van der Waals surface area contributed by atoms with Crippen LogP contribution in [-0.2, 0) is 9.16 Å². The van der Waals surface area contributed by atoms with Crippen molar-refractivity contribution >= 4 is 9.04 Å². The second kappa shape index (κ2) is 5.43. The first-order valence-corrected chi connectivity index (χ1v) is 7.62. The second-order valence-electron chi connectivity index (χ2n) is 5.38. The number of morpholine rings is 1. The molecule has 4 heteroatoms. The van der Waals surface area contributed by atoms with Crippen molar-refractivity contribution in [2.45, 2.75) is 51.4 Å². The Labute approximate surface area is 95.3 Å². The average Bonchev–Trinajstić information content (AvgIpc) is 2.15. The van der Waals surface area contributed by atoms with Gasteiger partial charge in [-0.2, -0.15) is 0 Å². The molecule has 2 atom stereocenters. The summed E-state index contributed by atoms with van der Waals surface area (Å²) < 4.78 is 11.6. The summed E-state index contributed by atoms with van der Waals surface area (Å²) >= 11 is 0. The zero-order valence-corrected chi connectivity index (χ0v) is 11.6. The summed E-state index contributed by atoms with van der Waals surface area (Å²) in [7, 11) is -0.725. The molecule has 0 unspecified atom stereocenters. The molecule has 0 bridgehead atoms. The van der Waals surface area contributed by atoms with Crippen LogP contribution in [0.4, 0.5) is 0 Å². The van der Waals surface area contributed by atoms with Gasteiger partial charge in [0.05, 0.1) is 19.3 Å². The van der Waals surface area contributed by atoms with Crippen molar-refractivity contribution < 1.29 is 9.16 Å². The normalized spacial score (nSPS) is 27.8. The lowest BCUT2D eigenvalue weighted by Crippen LogP contribution is -2.47. The monoisotopic (exact) mass is 230 g/mol. The minimum absolute atomic E-state index is 0.239. The van der Waals surface area contributed by atoms with Gasteiger partial charge in [0, 0.05) is 12.6 Å². The summed E-state index contributed by atoms with van der Waals surface area (Å²) in [6, 6.07) is 0.482. The van der Waals surface area contributed by atoms with Gasteiger partial charge in [-0.15, -0.1) is 0 Å². The SMILES string of the molecule is C[C@@H]1CO[C@@H](CO[Si+](C)C(C)(C)C)CN1. The number of hydrogen-bond acceptors (Lipinski definition) is 3. The Morgan fingerprint density at radius 2 is 2.13 bits per heavy atom. The lowest BCUT2D eigenvalue weighted by Gasteiger charge is -2.27. The summed E-state index contributed by atoms with van der Waals surface area (Å²) in [6.45, 7) is 13.5. The van der Waals surface area contributed by atoms with E-state index in [1.54, 1.807) is 0 Å². The number of ether oxygens (including phenoxy) is 1. The van der Waals surface area contributed by atoms with Crippen molar-refractivity contribution in [1.29, 1.82) is 0 Å². The molecule has 1 saturated heterocycles. The van der Waals surface area contributed by atoms with Gasteiger partial charge in [0.15, 0.2) is 0 Å². The molecule has 0 aliphatic carbocycles. The molecule has 88 valence electrons. The largest absolute Gasteiger partial charge is 0.475 e. The van der Waals surface area contributed by atoms with E-state index < -0.39 is 9.04 Å². The fourth-order valence-corrected chi connectivity index (χ4v) is 2.14. The third-order valence-electron chi connectivity index (χ3n) is 2.82. The highest BCUT2D eigenvalue weighted by atomic mass is 28.3. The van der Waals surface area contributed by atoms with Gasteiger partial charge in [0.25, 0.3) is 0 Å². The summed E-state index contributed by atoms with van der Waals surface area (Å²) in [6.07, 6.45) is 0.239. The minimum atomic E-state index is -0.725. The first-order valence-electron chi connectivity index (χ1n) is 5.71. The molecule has 1 fully saturated rings. The molecule has 15 heavy (non-hydrogen) atoms. The van der Waals surface area contributed by atoms with Crippen LogP contribution >= 0.6 is 0 Å². The summed E-state index contributed by atoms with van der Waals surface area (Å²) in [5.74, 6) is 0. The lowest BCUT2D eigenvalue weighted by atomic mass is 10.2. The van der Waals surface area contributed by atoms with Crippen LogP contribution in [0.3, 0.4) is 0 Å². The molecular formula is C11H24NO2Si+. The number of rotatable bonds is 3. The zero-order chi connectivity index (χ0) is 11.5. The highest BCUT2D eigenvalue weighted by molar-refractivity contribution is 6.53. The van der Waals surface area contributed by atoms with E-state index >= 15 is 0 Å². The molecule has 0 aromatic heterocycles. The Bertz CT molecular complexity index is 186. The molecule has 0 saturated carbocycles. The van der Waals surface area contributed by atoms with E-state index in [1.165, 1.54) is 0 Å². The zero-order valence-electron chi connectivity index (χ0n) is 10.6. The Morgan fingerprint density at radius 1 is 1.47 bits per heavy atom. The van der Waals surface area contributed by atoms with Gasteiger partial charge in [-0.25, -0.2) is 4.43 Å². The van der Waals surface area contributed by atoms with Gasteiger partial charge in [-0.1, -0.05) is 0 Å². The van der Waals surface area contributed by atoms with Crippen molar-refractivity contribution in [3.05, 3.63) is 0 Å². The van der Waals surface area contributed by atoms with Gasteiger partial charge in [-0.05, 0) is 27.7 Å². The van der Waals surface area contributed by atoms with Crippen molar-refractivity contribution in [2.75, 3.05) is 19.8 Å². The standard InChI is InChI=1S/C11H24NO2Si/c1-9-7-13-10(6-12-9)8-14-15(5)11(2,3)4/h9-10,12H,6-8H2,1-5H3/q+1/t9-,10-/m1/s1. The van der Waals surface area contributed by atoms with Gasteiger partial charge in [0.1, 0.15) is 11.6 Å². The van der Waals surface area contributed by atoms with E-state index in [0.717, 1.165) is 19.8 Å². The predicted octanol–water partition coefficient (Wildman–Crippen LogP) is 1.80. The Morgan fingerprint density at radius 3 is 2.60 bits per heavy atom. The van der Waals surface area contributed by atoms with Gasteiger partial charge >= 0.3 is 9.04 Å². The molecule has 1 rings (SSSR count). The molecule has 0 aromatic carbocycles. The van der Waals surface area contributed by atoms with E-state index in [4.69, 9.17) is 9.16 Å². The summed E-state index contributed by atoms with van der Waals surface area (Å²) in [4.78, 5) is 0. The highest BCUT2D eigenvalue weighted by Gasteiger charge is 2.39. The van der Waals surface area contributed by atoms with Crippen LogP contribution < -0.4 is 5.32 Å². The Hall–Kier alpha value is 0.0969. The van der Waals surface area contributed by atoms with E-state index in [9.17, 15) is 0 Å². The third kappa shape index (κ3) is 4.63. The summed E-state index contributed by atoms with van der Waals surface area (Å²) in [5, 5.41) is 3.71. The number of hydrogen-bond donors (Lipinski definition) is 1. The van der Waals surface area contributed by atoms with Gasteiger partial charge < -0.3 is 10.1 Å². The van der Waals surface area contributed by atoms with Crippen LogP contribution in [0.15, 0.2) is 0 Å². The van der Waals surface area contributed by atoms with E-state index in [0.29, 0.717) is 11.1 Å². The molecule has 0 radical (unpaired) electrons. The topological polar surface area (TPSA) is 30.5 Å². The molecule has 1 aliphatic rings. The van der Waals surface area contributed by atoms with Crippen LogP contribution in [0.25, 0.3) is 0 Å². The van der Waals surface area contributed by atoms with Crippen molar-refractivity contribution in [3.8, 4) is 0 Å². The fraction of sp³-hybridized carbons (Fsp3) is 1.00. The third-order valence-corrected chi connectivity index (χ3v) is 5.53. The number of nitrogens with one attached hydrogen (secondary N) is 1. The van der Waals surface area contributed by atoms with Crippen molar-refractivity contribution in [2.24, 2.45) is 0 Å². The minimum Gasteiger partial charge on any atom is -0.373 e. The highest BCUT2D eigenvalue weighted by Crippen LogP contribution is 2.27. The van der Waals surface area contributed by atoms with Crippen LogP contribution in [0.2, 0.25) is 11.6 Å². The predicted molar refractivity (Wildman–Crippen MR) is 64.5 cm³/mol. The first-order chi connectivity index (χ1) is 6.89. The molecule has 1 N–H and O–H groups in total. The van der Waals surface area contributed by atoms with Crippen LogP contribution in [0, 0.1) is 0 Å². The van der Waals surface area contributed by atoms with E-state index in [-0.39, 0.29) is 6.10 Å². The maximum atomic E-state index is 5.92. The smallest absolute Gasteiger partial charge is 0.373 e. The van der Waals surface area contributed by atoms with Crippen molar-refractivity contribution in [1.82, 2.24) is 5.32 Å². The molecule has 0 spiro atoms. The maximum absolute atomic E-state index is 5.92. The quantitative estimate of drug-likeness (QED) is 0.750. The van der Waals surface area contributed by atoms with Gasteiger partial charge in [0.2, 0.25) is 0 Å². The molecule has 0 aromatic rings. The Balaban J connectivity index is 2.20. The van der Waals surface area contributed by atoms with Crippen LogP contribution in [0.1, 0.15) is 27.7 Å². The molecule has 3 nitrogen and oxygen atoms in total. The molecular weight excluding hydrogens is 206 g/mol. The lowest BCUT2D eigenvalue weighted by molar-refractivity contribution is -0.0179. The molecule has 0 amide bonds. The average molecular weight is 230 g/mol. The van der Waals surface area contributed by atoms with E-state index in [1.807, 2.05) is 0 Å². The van der Waals surface area contributed by atoms with E-state index in [2.05, 4.69) is 39.6 Å². The fourth-order valence-electron chi connectivity index (χ4n) is 1.27. The van der Waals surface area contributed by atoms with Crippen molar-refractivity contribution in [3.63, 3.8) is 0 Å². The van der Waals surface area contributed by atoms with Gasteiger partial charge in [-0.3, -0.25) is 0 Å².